The van der Waals surface area contributed by atoms with E-state index in [2.05, 4.69) is 5.32 Å². The van der Waals surface area contributed by atoms with Gasteiger partial charge in [0.25, 0.3) is 0 Å². The Morgan fingerprint density at radius 2 is 2.15 bits per heavy atom. The lowest BCUT2D eigenvalue weighted by Gasteiger charge is -2.23. The third-order valence-corrected chi connectivity index (χ3v) is 3.14. The van der Waals surface area contributed by atoms with Gasteiger partial charge < -0.3 is 10.4 Å². The molecule has 5 nitrogen and oxygen atoms in total. The van der Waals surface area contributed by atoms with Gasteiger partial charge >= 0.3 is 5.97 Å². The molecule has 0 spiro atoms. The number of benzene rings is 1. The predicted octanol–water partition coefficient (Wildman–Crippen LogP) is 2.21. The molecule has 7 heteroatoms. The first-order valence-corrected chi connectivity index (χ1v) is 6.37. The lowest BCUT2D eigenvalue weighted by atomic mass is 10.2. The van der Waals surface area contributed by atoms with Crippen molar-refractivity contribution in [2.24, 2.45) is 0 Å². The van der Waals surface area contributed by atoms with E-state index in [-0.39, 0.29) is 18.7 Å². The summed E-state index contributed by atoms with van der Waals surface area (Å²) in [7, 11) is 1.63. The maximum absolute atomic E-state index is 13.5. The molecule has 0 aliphatic carbocycles. The van der Waals surface area contributed by atoms with E-state index in [1.54, 1.807) is 18.9 Å². The summed E-state index contributed by atoms with van der Waals surface area (Å²) in [4.78, 5) is 24.0. The number of amides is 1. The van der Waals surface area contributed by atoms with Gasteiger partial charge in [0, 0.05) is 11.6 Å². The summed E-state index contributed by atoms with van der Waals surface area (Å²) in [6.07, 6.45) is -0.0698. The fourth-order valence-electron chi connectivity index (χ4n) is 1.50. The van der Waals surface area contributed by atoms with Crippen LogP contribution in [0.2, 0.25) is 5.02 Å². The van der Waals surface area contributed by atoms with Crippen molar-refractivity contribution in [2.75, 3.05) is 18.9 Å². The predicted molar refractivity (Wildman–Crippen MR) is 74.4 cm³/mol. The third kappa shape index (κ3) is 4.79. The number of rotatable bonds is 6. The number of hydrogen-bond donors (Lipinski definition) is 2. The molecule has 0 bridgehead atoms. The first-order valence-electron chi connectivity index (χ1n) is 5.99. The molecule has 0 aliphatic heterocycles. The number of likely N-dealkylation sites (N-methyl/N-ethyl adjacent to an activating group) is 1. The van der Waals surface area contributed by atoms with Gasteiger partial charge in [0.15, 0.2) is 0 Å². The van der Waals surface area contributed by atoms with Crippen LogP contribution < -0.4 is 5.32 Å². The zero-order valence-electron chi connectivity index (χ0n) is 11.2. The molecular formula is C13H16ClFN2O3. The highest BCUT2D eigenvalue weighted by Gasteiger charge is 2.19. The number of aliphatic carboxylic acids is 1. The second-order valence-corrected chi connectivity index (χ2v) is 4.85. The van der Waals surface area contributed by atoms with Crippen molar-refractivity contribution in [1.29, 1.82) is 0 Å². The highest BCUT2D eigenvalue weighted by molar-refractivity contribution is 6.30. The van der Waals surface area contributed by atoms with Crippen molar-refractivity contribution < 1.29 is 19.1 Å². The van der Waals surface area contributed by atoms with Gasteiger partial charge in [0.2, 0.25) is 5.91 Å². The van der Waals surface area contributed by atoms with Gasteiger partial charge in [-0.2, -0.15) is 0 Å². The van der Waals surface area contributed by atoms with Crippen molar-refractivity contribution in [2.45, 2.75) is 19.4 Å². The van der Waals surface area contributed by atoms with E-state index in [1.165, 1.54) is 12.1 Å². The lowest BCUT2D eigenvalue weighted by Crippen LogP contribution is -2.40. The molecule has 1 atom stereocenters. The van der Waals surface area contributed by atoms with E-state index in [9.17, 15) is 14.0 Å². The molecule has 1 aromatic rings. The number of carbonyl (C=O) groups excluding carboxylic acids is 1. The molecular weight excluding hydrogens is 287 g/mol. The quantitative estimate of drug-likeness (QED) is 0.845. The molecule has 0 heterocycles. The number of nitrogens with one attached hydrogen (secondary N) is 1. The van der Waals surface area contributed by atoms with E-state index in [1.807, 2.05) is 0 Å². The van der Waals surface area contributed by atoms with Crippen LogP contribution in [-0.2, 0) is 9.59 Å². The monoisotopic (exact) mass is 302 g/mol. The summed E-state index contributed by atoms with van der Waals surface area (Å²) < 4.78 is 13.5. The number of carboxylic acids is 1. The molecule has 1 rings (SSSR count). The summed E-state index contributed by atoms with van der Waals surface area (Å²) in [5.41, 5.74) is 0.000912. The minimum atomic E-state index is -0.939. The SMILES string of the molecule is CC(C(=O)Nc1cc(Cl)ccc1F)N(C)CCC(=O)O. The first kappa shape index (κ1) is 16.4. The Hall–Kier alpha value is -1.66. The third-order valence-electron chi connectivity index (χ3n) is 2.91. The molecule has 2 N–H and O–H groups in total. The van der Waals surface area contributed by atoms with Gasteiger partial charge in [-0.3, -0.25) is 14.5 Å². The number of nitrogens with zero attached hydrogens (tertiary/aromatic N) is 1. The van der Waals surface area contributed by atoms with Crippen LogP contribution >= 0.6 is 11.6 Å². The molecule has 0 fully saturated rings. The fraction of sp³-hybridized carbons (Fsp3) is 0.385. The number of anilines is 1. The maximum atomic E-state index is 13.5. The molecule has 0 saturated carbocycles. The molecule has 20 heavy (non-hydrogen) atoms. The van der Waals surface area contributed by atoms with Gasteiger partial charge in [-0.1, -0.05) is 11.6 Å². The Labute approximate surface area is 121 Å². The molecule has 1 aromatic carbocycles. The molecule has 0 radical (unpaired) electrons. The van der Waals surface area contributed by atoms with Crippen molar-refractivity contribution in [3.8, 4) is 0 Å². The second-order valence-electron chi connectivity index (χ2n) is 4.41. The van der Waals surface area contributed by atoms with Crippen LogP contribution in [0.4, 0.5) is 10.1 Å². The van der Waals surface area contributed by atoms with Crippen LogP contribution in [0.15, 0.2) is 18.2 Å². The molecule has 110 valence electrons. The van der Waals surface area contributed by atoms with E-state index in [4.69, 9.17) is 16.7 Å². The summed E-state index contributed by atoms with van der Waals surface area (Å²) in [5.74, 6) is -1.95. The number of carbonyl (C=O) groups is 2. The average molecular weight is 303 g/mol. The normalized spacial score (nSPS) is 12.2. The first-order chi connectivity index (χ1) is 9.31. The zero-order chi connectivity index (χ0) is 15.3. The fourth-order valence-corrected chi connectivity index (χ4v) is 1.67. The van der Waals surface area contributed by atoms with E-state index >= 15 is 0 Å². The van der Waals surface area contributed by atoms with Gasteiger partial charge in [-0.05, 0) is 32.2 Å². The maximum Gasteiger partial charge on any atom is 0.304 e. The van der Waals surface area contributed by atoms with Crippen LogP contribution in [0.5, 0.6) is 0 Å². The Balaban J connectivity index is 2.65. The van der Waals surface area contributed by atoms with Gasteiger partial charge in [0.1, 0.15) is 5.82 Å². The molecule has 0 saturated heterocycles. The minimum Gasteiger partial charge on any atom is -0.481 e. The smallest absolute Gasteiger partial charge is 0.304 e. The lowest BCUT2D eigenvalue weighted by molar-refractivity contribution is -0.137. The Morgan fingerprint density at radius 3 is 2.75 bits per heavy atom. The van der Waals surface area contributed by atoms with Crippen LogP contribution in [0, 0.1) is 5.82 Å². The average Bonchev–Trinajstić information content (AvgIpc) is 2.39. The van der Waals surface area contributed by atoms with Gasteiger partial charge in [-0.15, -0.1) is 0 Å². The molecule has 1 unspecified atom stereocenters. The zero-order valence-corrected chi connectivity index (χ0v) is 11.9. The van der Waals surface area contributed by atoms with Crippen LogP contribution in [0.3, 0.4) is 0 Å². The second kappa shape index (κ2) is 7.21. The molecule has 0 aliphatic rings. The Morgan fingerprint density at radius 1 is 1.50 bits per heavy atom. The highest BCUT2D eigenvalue weighted by Crippen LogP contribution is 2.19. The van der Waals surface area contributed by atoms with E-state index in [0.717, 1.165) is 6.07 Å². The van der Waals surface area contributed by atoms with Gasteiger partial charge in [-0.25, -0.2) is 4.39 Å². The standard InChI is InChI=1S/C13H16ClFN2O3/c1-8(17(2)6-5-12(18)19)13(20)16-11-7-9(14)3-4-10(11)15/h3-4,7-8H,5-6H2,1-2H3,(H,16,20)(H,18,19). The summed E-state index contributed by atoms with van der Waals surface area (Å²) in [6, 6.07) is 3.28. The van der Waals surface area contributed by atoms with Crippen molar-refractivity contribution in [1.82, 2.24) is 4.90 Å². The summed E-state index contributed by atoms with van der Waals surface area (Å²) in [6.45, 7) is 1.83. The van der Waals surface area contributed by atoms with Crippen molar-refractivity contribution in [3.63, 3.8) is 0 Å². The minimum absolute atomic E-state index is 0.000912. The highest BCUT2D eigenvalue weighted by atomic mass is 35.5. The van der Waals surface area contributed by atoms with Crippen molar-refractivity contribution >= 4 is 29.2 Å². The van der Waals surface area contributed by atoms with Crippen molar-refractivity contribution in [3.05, 3.63) is 29.0 Å². The largest absolute Gasteiger partial charge is 0.481 e. The topological polar surface area (TPSA) is 69.6 Å². The Bertz CT molecular complexity index is 510. The number of hydrogen-bond acceptors (Lipinski definition) is 3. The van der Waals surface area contributed by atoms with Gasteiger partial charge in [0.05, 0.1) is 18.2 Å². The molecule has 0 aromatic heterocycles. The van der Waals surface area contributed by atoms with Crippen LogP contribution in [0.1, 0.15) is 13.3 Å². The molecule has 1 amide bonds. The summed E-state index contributed by atoms with van der Waals surface area (Å²) in [5, 5.41) is 11.3. The van der Waals surface area contributed by atoms with E-state index in [0.29, 0.717) is 5.02 Å². The summed E-state index contributed by atoms with van der Waals surface area (Å²) >= 11 is 5.73. The number of halogens is 2. The van der Waals surface area contributed by atoms with E-state index < -0.39 is 23.7 Å². The Kier molecular flexibility index (Phi) is 5.91. The van der Waals surface area contributed by atoms with Crippen LogP contribution in [0.25, 0.3) is 0 Å². The van der Waals surface area contributed by atoms with Crippen LogP contribution in [-0.4, -0.2) is 41.5 Å². The number of carboxylic acid groups (broad SMARTS) is 1.